The number of hydrogen-bond acceptors (Lipinski definition) is 1. The van der Waals surface area contributed by atoms with E-state index in [1.54, 1.807) is 0 Å². The molecule has 1 N–H and O–H groups in total. The van der Waals surface area contributed by atoms with E-state index in [-0.39, 0.29) is 0 Å². The van der Waals surface area contributed by atoms with Crippen LogP contribution in [0.4, 0.5) is 0 Å². The van der Waals surface area contributed by atoms with E-state index in [0.717, 1.165) is 26.9 Å². The van der Waals surface area contributed by atoms with Gasteiger partial charge in [-0.25, -0.2) is 0 Å². The van der Waals surface area contributed by atoms with Crippen molar-refractivity contribution in [3.05, 3.63) is 83.0 Å². The van der Waals surface area contributed by atoms with Gasteiger partial charge in [0, 0.05) is 15.7 Å². The minimum atomic E-state index is 0.574. The number of halogens is 1. The third-order valence-electron chi connectivity index (χ3n) is 4.15. The zero-order valence-corrected chi connectivity index (χ0v) is 14.3. The van der Waals surface area contributed by atoms with Gasteiger partial charge in [-0.15, -0.1) is 0 Å². The van der Waals surface area contributed by atoms with Crippen LogP contribution in [0.3, 0.4) is 0 Å². The number of rotatable bonds is 2. The summed E-state index contributed by atoms with van der Waals surface area (Å²) < 4.78 is 0.977. The molecule has 2 nitrogen and oxygen atoms in total. The maximum Gasteiger partial charge on any atom is 0.126 e. The Balaban J connectivity index is 1.87. The summed E-state index contributed by atoms with van der Waals surface area (Å²) in [6.45, 7) is 0. The number of nitrogens with zero attached hydrogens (tertiary/aromatic N) is 1. The van der Waals surface area contributed by atoms with Crippen molar-refractivity contribution >= 4 is 26.7 Å². The standard InChI is InChI=1S/C21H13BrN2/c22-19-8-4-3-7-17(19)18-12-20(24-21(18)13-23)16-10-9-14-5-1-2-6-15(14)11-16/h1-12,24H. The van der Waals surface area contributed by atoms with Gasteiger partial charge in [0.15, 0.2) is 0 Å². The molecule has 114 valence electrons. The molecule has 0 atom stereocenters. The van der Waals surface area contributed by atoms with E-state index in [2.05, 4.69) is 57.3 Å². The molecule has 0 aliphatic rings. The molecule has 4 aromatic rings. The summed E-state index contributed by atoms with van der Waals surface area (Å²) in [7, 11) is 0. The quantitative estimate of drug-likeness (QED) is 0.451. The predicted molar refractivity (Wildman–Crippen MR) is 102 cm³/mol. The van der Waals surface area contributed by atoms with E-state index in [1.165, 1.54) is 10.8 Å². The SMILES string of the molecule is N#Cc1[nH]c(-c2ccc3ccccc3c2)cc1-c1ccccc1Br. The molecule has 0 aliphatic carbocycles. The van der Waals surface area contributed by atoms with E-state index in [1.807, 2.05) is 42.5 Å². The van der Waals surface area contributed by atoms with Gasteiger partial charge in [0.25, 0.3) is 0 Å². The molecule has 24 heavy (non-hydrogen) atoms. The van der Waals surface area contributed by atoms with E-state index in [0.29, 0.717) is 5.69 Å². The van der Waals surface area contributed by atoms with Gasteiger partial charge in [0.1, 0.15) is 11.8 Å². The fourth-order valence-electron chi connectivity index (χ4n) is 2.95. The first-order chi connectivity index (χ1) is 11.8. The average molecular weight is 373 g/mol. The molecule has 1 heterocycles. The minimum Gasteiger partial charge on any atom is -0.346 e. The van der Waals surface area contributed by atoms with Crippen LogP contribution < -0.4 is 0 Å². The van der Waals surface area contributed by atoms with E-state index >= 15 is 0 Å². The predicted octanol–water partition coefficient (Wildman–Crippen LogP) is 6.14. The second-order valence-corrected chi connectivity index (χ2v) is 6.48. The van der Waals surface area contributed by atoms with Crippen molar-refractivity contribution in [1.29, 1.82) is 5.26 Å². The number of H-pyrrole nitrogens is 1. The largest absolute Gasteiger partial charge is 0.346 e. The first-order valence-electron chi connectivity index (χ1n) is 7.63. The molecule has 3 aromatic carbocycles. The number of benzene rings is 3. The molecule has 0 radical (unpaired) electrons. The Kier molecular flexibility index (Phi) is 3.68. The van der Waals surface area contributed by atoms with Gasteiger partial charge in [0.2, 0.25) is 0 Å². The normalized spacial score (nSPS) is 10.7. The third-order valence-corrected chi connectivity index (χ3v) is 4.85. The highest BCUT2D eigenvalue weighted by atomic mass is 79.9. The van der Waals surface area contributed by atoms with Crippen molar-refractivity contribution in [3.63, 3.8) is 0 Å². The van der Waals surface area contributed by atoms with Crippen LogP contribution in [-0.4, -0.2) is 4.98 Å². The topological polar surface area (TPSA) is 39.6 Å². The Hall–Kier alpha value is -2.83. The van der Waals surface area contributed by atoms with Gasteiger partial charge in [-0.05, 0) is 40.1 Å². The van der Waals surface area contributed by atoms with Crippen LogP contribution >= 0.6 is 15.9 Å². The number of nitrogens with one attached hydrogen (secondary N) is 1. The molecule has 0 aliphatic heterocycles. The van der Waals surface area contributed by atoms with Crippen molar-refractivity contribution in [3.8, 4) is 28.5 Å². The van der Waals surface area contributed by atoms with Crippen molar-refractivity contribution in [2.45, 2.75) is 0 Å². The lowest BCUT2D eigenvalue weighted by molar-refractivity contribution is 1.33. The Bertz CT molecular complexity index is 1090. The molecule has 3 heteroatoms. The zero-order chi connectivity index (χ0) is 16.5. The Morgan fingerprint density at radius 2 is 1.54 bits per heavy atom. The van der Waals surface area contributed by atoms with E-state index < -0.39 is 0 Å². The third kappa shape index (κ3) is 2.51. The maximum atomic E-state index is 9.51. The molecule has 0 fully saturated rings. The summed E-state index contributed by atoms with van der Waals surface area (Å²) >= 11 is 3.57. The second kappa shape index (κ2) is 5.99. The molecule has 4 rings (SSSR count). The summed E-state index contributed by atoms with van der Waals surface area (Å²) in [5.41, 5.74) is 4.52. The second-order valence-electron chi connectivity index (χ2n) is 5.63. The van der Waals surface area contributed by atoms with Gasteiger partial charge >= 0.3 is 0 Å². The summed E-state index contributed by atoms with van der Waals surface area (Å²) in [4.78, 5) is 3.26. The smallest absolute Gasteiger partial charge is 0.126 e. The van der Waals surface area contributed by atoms with Crippen molar-refractivity contribution < 1.29 is 0 Å². The Morgan fingerprint density at radius 3 is 2.33 bits per heavy atom. The summed E-state index contributed by atoms with van der Waals surface area (Å²) in [5, 5.41) is 11.9. The Labute approximate surface area is 148 Å². The van der Waals surface area contributed by atoms with E-state index in [9.17, 15) is 5.26 Å². The zero-order valence-electron chi connectivity index (χ0n) is 12.8. The fourth-order valence-corrected chi connectivity index (χ4v) is 3.45. The van der Waals surface area contributed by atoms with Crippen LogP contribution in [0, 0.1) is 11.3 Å². The number of aromatic nitrogens is 1. The molecule has 0 saturated heterocycles. The van der Waals surface area contributed by atoms with Crippen molar-refractivity contribution in [1.82, 2.24) is 4.98 Å². The van der Waals surface area contributed by atoms with Crippen molar-refractivity contribution in [2.75, 3.05) is 0 Å². The van der Waals surface area contributed by atoms with Crippen LogP contribution in [0.15, 0.2) is 77.3 Å². The summed E-state index contributed by atoms with van der Waals surface area (Å²) in [5.74, 6) is 0. The molecule has 0 spiro atoms. The maximum absolute atomic E-state index is 9.51. The van der Waals surface area contributed by atoms with Gasteiger partial charge in [-0.3, -0.25) is 0 Å². The molecule has 1 aromatic heterocycles. The molecule has 0 unspecified atom stereocenters. The van der Waals surface area contributed by atoms with Crippen LogP contribution in [0.1, 0.15) is 5.69 Å². The lowest BCUT2D eigenvalue weighted by Crippen LogP contribution is -1.81. The summed E-state index contributed by atoms with van der Waals surface area (Å²) in [6, 6.07) is 26.9. The fraction of sp³-hybridized carbons (Fsp3) is 0. The lowest BCUT2D eigenvalue weighted by atomic mass is 10.0. The number of nitriles is 1. The highest BCUT2D eigenvalue weighted by Gasteiger charge is 2.13. The number of fused-ring (bicyclic) bond motifs is 1. The van der Waals surface area contributed by atoms with Crippen molar-refractivity contribution in [2.24, 2.45) is 0 Å². The minimum absolute atomic E-state index is 0.574. The van der Waals surface area contributed by atoms with Gasteiger partial charge in [-0.1, -0.05) is 70.5 Å². The van der Waals surface area contributed by atoms with E-state index in [4.69, 9.17) is 0 Å². The highest BCUT2D eigenvalue weighted by molar-refractivity contribution is 9.10. The van der Waals surface area contributed by atoms with Gasteiger partial charge in [0.05, 0.1) is 0 Å². The number of aromatic amines is 1. The first kappa shape index (κ1) is 14.7. The number of hydrogen-bond donors (Lipinski definition) is 1. The monoisotopic (exact) mass is 372 g/mol. The van der Waals surface area contributed by atoms with Gasteiger partial charge < -0.3 is 4.98 Å². The first-order valence-corrected chi connectivity index (χ1v) is 8.43. The summed E-state index contributed by atoms with van der Waals surface area (Å²) in [6.07, 6.45) is 0. The molecular weight excluding hydrogens is 360 g/mol. The van der Waals surface area contributed by atoms with Crippen LogP contribution in [0.5, 0.6) is 0 Å². The highest BCUT2D eigenvalue weighted by Crippen LogP contribution is 2.34. The average Bonchev–Trinajstić information content (AvgIpc) is 3.06. The van der Waals surface area contributed by atoms with Crippen LogP contribution in [0.25, 0.3) is 33.2 Å². The van der Waals surface area contributed by atoms with Crippen LogP contribution in [-0.2, 0) is 0 Å². The Morgan fingerprint density at radius 1 is 0.792 bits per heavy atom. The molecule has 0 amide bonds. The van der Waals surface area contributed by atoms with Gasteiger partial charge in [-0.2, -0.15) is 5.26 Å². The molecular formula is C21H13BrN2. The lowest BCUT2D eigenvalue weighted by Gasteiger charge is -2.02. The van der Waals surface area contributed by atoms with Crippen LogP contribution in [0.2, 0.25) is 0 Å². The molecule has 0 saturated carbocycles. The molecule has 0 bridgehead atoms.